The van der Waals surface area contributed by atoms with Crippen molar-refractivity contribution in [3.8, 4) is 0 Å². The van der Waals surface area contributed by atoms with Gasteiger partial charge in [-0.15, -0.1) is 0 Å². The van der Waals surface area contributed by atoms with E-state index in [-0.39, 0.29) is 38.7 Å². The molecule has 2 N–H and O–H groups in total. The van der Waals surface area contributed by atoms with Crippen molar-refractivity contribution in [2.24, 2.45) is 0 Å². The van der Waals surface area contributed by atoms with Gasteiger partial charge in [-0.05, 0) is 50.2 Å². The second-order valence-corrected chi connectivity index (χ2v) is 10.0. The van der Waals surface area contributed by atoms with Gasteiger partial charge in [-0.3, -0.25) is 14.4 Å². The second-order valence-electron chi connectivity index (χ2n) is 7.54. The first-order chi connectivity index (χ1) is 14.6. The standard InChI is InChI=1S/C21H25Cl2N3O4S/c1-14-12-26(13-15(2)30-14)9-8-24-21(27)16-4-3-5-17(10-16)25-31(28,29)18-6-7-19(22)20(23)11-18/h3-7,10-11,14-15,25H,8-9,12-13H2,1-2H3,(H,24,27). The molecule has 7 nitrogen and oxygen atoms in total. The first-order valence-corrected chi connectivity index (χ1v) is 12.1. The number of morpholine rings is 1. The number of hydrogen-bond donors (Lipinski definition) is 2. The Bertz CT molecular complexity index is 1040. The van der Waals surface area contributed by atoms with Gasteiger partial charge in [-0.2, -0.15) is 0 Å². The normalized spacial score (nSPS) is 19.7. The molecule has 0 spiro atoms. The van der Waals surface area contributed by atoms with Crippen LogP contribution in [0.25, 0.3) is 0 Å². The van der Waals surface area contributed by atoms with Crippen molar-refractivity contribution in [3.63, 3.8) is 0 Å². The topological polar surface area (TPSA) is 87.7 Å². The first-order valence-electron chi connectivity index (χ1n) is 9.88. The van der Waals surface area contributed by atoms with Crippen molar-refractivity contribution in [3.05, 3.63) is 58.1 Å². The van der Waals surface area contributed by atoms with E-state index < -0.39 is 10.0 Å². The molecule has 1 saturated heterocycles. The summed E-state index contributed by atoms with van der Waals surface area (Å²) in [4.78, 5) is 14.7. The molecular weight excluding hydrogens is 461 g/mol. The summed E-state index contributed by atoms with van der Waals surface area (Å²) >= 11 is 11.8. The van der Waals surface area contributed by atoms with Gasteiger partial charge in [0.25, 0.3) is 15.9 Å². The highest BCUT2D eigenvalue weighted by atomic mass is 35.5. The molecule has 0 radical (unpaired) electrons. The van der Waals surface area contributed by atoms with Crippen molar-refractivity contribution in [2.75, 3.05) is 30.9 Å². The Morgan fingerprint density at radius 2 is 1.81 bits per heavy atom. The van der Waals surface area contributed by atoms with Crippen LogP contribution in [0.3, 0.4) is 0 Å². The Labute approximate surface area is 192 Å². The van der Waals surface area contributed by atoms with E-state index in [0.29, 0.717) is 18.7 Å². The van der Waals surface area contributed by atoms with E-state index in [4.69, 9.17) is 27.9 Å². The predicted molar refractivity (Wildman–Crippen MR) is 122 cm³/mol. The molecule has 168 valence electrons. The average Bonchev–Trinajstić information content (AvgIpc) is 2.69. The molecule has 2 atom stereocenters. The van der Waals surface area contributed by atoms with Crippen LogP contribution in [-0.2, 0) is 14.8 Å². The lowest BCUT2D eigenvalue weighted by Crippen LogP contribution is -2.47. The van der Waals surface area contributed by atoms with Crippen LogP contribution in [0.4, 0.5) is 5.69 Å². The summed E-state index contributed by atoms with van der Waals surface area (Å²) in [7, 11) is -3.88. The van der Waals surface area contributed by atoms with Gasteiger partial charge >= 0.3 is 0 Å². The van der Waals surface area contributed by atoms with Crippen LogP contribution in [0.2, 0.25) is 10.0 Å². The van der Waals surface area contributed by atoms with Crippen LogP contribution in [0, 0.1) is 0 Å². The van der Waals surface area contributed by atoms with E-state index in [1.54, 1.807) is 18.2 Å². The van der Waals surface area contributed by atoms with Crippen LogP contribution in [-0.4, -0.2) is 57.6 Å². The zero-order valence-corrected chi connectivity index (χ0v) is 19.6. The third-order valence-electron chi connectivity index (χ3n) is 4.79. The third-order valence-corrected chi connectivity index (χ3v) is 6.91. The van der Waals surface area contributed by atoms with E-state index in [9.17, 15) is 13.2 Å². The van der Waals surface area contributed by atoms with E-state index in [1.807, 2.05) is 13.8 Å². The SMILES string of the molecule is CC1CN(CCNC(=O)c2cccc(NS(=O)(=O)c3ccc(Cl)c(Cl)c3)c2)CC(C)O1. The number of ether oxygens (including phenoxy) is 1. The largest absolute Gasteiger partial charge is 0.373 e. The first kappa shape index (κ1) is 23.8. The zero-order chi connectivity index (χ0) is 22.6. The minimum Gasteiger partial charge on any atom is -0.373 e. The Balaban J connectivity index is 1.60. The van der Waals surface area contributed by atoms with Gasteiger partial charge in [0.15, 0.2) is 0 Å². The minimum atomic E-state index is -3.88. The molecule has 0 bridgehead atoms. The Kier molecular flexibility index (Phi) is 7.82. The van der Waals surface area contributed by atoms with Crippen LogP contribution in [0.5, 0.6) is 0 Å². The van der Waals surface area contributed by atoms with E-state index in [1.165, 1.54) is 24.3 Å². The summed E-state index contributed by atoms with van der Waals surface area (Å²) in [6.07, 6.45) is 0.333. The molecule has 31 heavy (non-hydrogen) atoms. The number of amides is 1. The maximum Gasteiger partial charge on any atom is 0.261 e. The highest BCUT2D eigenvalue weighted by Gasteiger charge is 2.22. The molecule has 2 aromatic carbocycles. The summed E-state index contributed by atoms with van der Waals surface area (Å²) in [5, 5.41) is 3.29. The quantitative estimate of drug-likeness (QED) is 0.624. The average molecular weight is 486 g/mol. The molecule has 2 aromatic rings. The Morgan fingerprint density at radius 3 is 2.48 bits per heavy atom. The van der Waals surface area contributed by atoms with Gasteiger partial charge < -0.3 is 10.1 Å². The van der Waals surface area contributed by atoms with Crippen LogP contribution >= 0.6 is 23.2 Å². The molecule has 1 heterocycles. The molecule has 1 aliphatic rings. The molecule has 3 rings (SSSR count). The van der Waals surface area contributed by atoms with Crippen molar-refractivity contribution >= 4 is 44.8 Å². The highest BCUT2D eigenvalue weighted by molar-refractivity contribution is 7.92. The molecule has 2 unspecified atom stereocenters. The van der Waals surface area contributed by atoms with E-state index in [2.05, 4.69) is 14.9 Å². The number of carbonyl (C=O) groups excluding carboxylic acids is 1. The van der Waals surface area contributed by atoms with E-state index in [0.717, 1.165) is 13.1 Å². The fourth-order valence-corrected chi connectivity index (χ4v) is 4.92. The number of hydrogen-bond acceptors (Lipinski definition) is 5. The van der Waals surface area contributed by atoms with Crippen LogP contribution < -0.4 is 10.0 Å². The highest BCUT2D eigenvalue weighted by Crippen LogP contribution is 2.26. The number of rotatable bonds is 7. The number of carbonyl (C=O) groups is 1. The maximum atomic E-state index is 12.6. The van der Waals surface area contributed by atoms with Crippen LogP contribution in [0.15, 0.2) is 47.4 Å². The number of sulfonamides is 1. The fourth-order valence-electron chi connectivity index (χ4n) is 3.48. The molecule has 1 aliphatic heterocycles. The molecule has 1 fully saturated rings. The lowest BCUT2D eigenvalue weighted by atomic mass is 10.2. The van der Waals surface area contributed by atoms with Gasteiger partial charge in [0.1, 0.15) is 0 Å². The summed E-state index contributed by atoms with van der Waals surface area (Å²) < 4.78 is 33.4. The summed E-state index contributed by atoms with van der Waals surface area (Å²) in [6.45, 7) is 6.92. The number of nitrogens with zero attached hydrogens (tertiary/aromatic N) is 1. The zero-order valence-electron chi connectivity index (χ0n) is 17.3. The Hall–Kier alpha value is -1.84. The lowest BCUT2D eigenvalue weighted by Gasteiger charge is -2.35. The molecule has 10 heteroatoms. The van der Waals surface area contributed by atoms with Crippen molar-refractivity contribution in [1.29, 1.82) is 0 Å². The fraction of sp³-hybridized carbons (Fsp3) is 0.381. The maximum absolute atomic E-state index is 12.6. The van der Waals surface area contributed by atoms with Gasteiger partial charge in [-0.1, -0.05) is 29.3 Å². The molecule has 0 aliphatic carbocycles. The summed E-state index contributed by atoms with van der Waals surface area (Å²) in [5.41, 5.74) is 0.632. The molecule has 0 saturated carbocycles. The van der Waals surface area contributed by atoms with Crippen molar-refractivity contribution < 1.29 is 17.9 Å². The van der Waals surface area contributed by atoms with Gasteiger partial charge in [0.05, 0.1) is 27.1 Å². The number of anilines is 1. The third kappa shape index (κ3) is 6.57. The molecule has 1 amide bonds. The minimum absolute atomic E-state index is 0.0225. The van der Waals surface area contributed by atoms with Crippen LogP contribution in [0.1, 0.15) is 24.2 Å². The summed E-state index contributed by atoms with van der Waals surface area (Å²) in [5.74, 6) is -0.273. The second kappa shape index (κ2) is 10.2. The number of halogens is 2. The lowest BCUT2D eigenvalue weighted by molar-refractivity contribution is -0.0672. The smallest absolute Gasteiger partial charge is 0.261 e. The molecular formula is C21H25Cl2N3O4S. The number of benzene rings is 2. The monoisotopic (exact) mass is 485 g/mol. The van der Waals surface area contributed by atoms with Gasteiger partial charge in [-0.25, -0.2) is 8.42 Å². The van der Waals surface area contributed by atoms with Gasteiger partial charge in [0, 0.05) is 37.4 Å². The van der Waals surface area contributed by atoms with E-state index >= 15 is 0 Å². The molecule has 0 aromatic heterocycles. The Morgan fingerprint density at radius 1 is 1.10 bits per heavy atom. The summed E-state index contributed by atoms with van der Waals surface area (Å²) in [6, 6.07) is 10.4. The van der Waals surface area contributed by atoms with Crippen molar-refractivity contribution in [1.82, 2.24) is 10.2 Å². The van der Waals surface area contributed by atoms with Gasteiger partial charge in [0.2, 0.25) is 0 Å². The predicted octanol–water partition coefficient (Wildman–Crippen LogP) is 3.63. The number of nitrogens with one attached hydrogen (secondary N) is 2. The van der Waals surface area contributed by atoms with Crippen molar-refractivity contribution in [2.45, 2.75) is 31.0 Å².